The van der Waals surface area contributed by atoms with Crippen LogP contribution in [0.25, 0.3) is 0 Å². The van der Waals surface area contributed by atoms with Gasteiger partial charge in [-0.15, -0.1) is 0 Å². The summed E-state index contributed by atoms with van der Waals surface area (Å²) in [5, 5.41) is 12.5. The van der Waals surface area contributed by atoms with Crippen LogP contribution in [0.4, 0.5) is 0 Å². The zero-order valence-electron chi connectivity index (χ0n) is 9.40. The molecule has 2 N–H and O–H groups in total. The van der Waals surface area contributed by atoms with Crippen LogP contribution in [-0.2, 0) is 0 Å². The first kappa shape index (κ1) is 13.0. The van der Waals surface area contributed by atoms with Gasteiger partial charge in [-0.1, -0.05) is 25.4 Å². The first-order valence-corrected chi connectivity index (χ1v) is 5.59. The van der Waals surface area contributed by atoms with Gasteiger partial charge in [0.1, 0.15) is 0 Å². The van der Waals surface area contributed by atoms with E-state index in [1.165, 1.54) is 0 Å². The van der Waals surface area contributed by atoms with Crippen molar-refractivity contribution in [1.82, 2.24) is 5.32 Å². The molecule has 0 unspecified atom stereocenters. The number of carbonyl (C=O) groups excluding carboxylic acids is 1. The Hall–Kier alpha value is -1.06. The van der Waals surface area contributed by atoms with E-state index in [0.717, 1.165) is 0 Å². The van der Waals surface area contributed by atoms with Crippen molar-refractivity contribution < 1.29 is 9.90 Å². The molecule has 0 aliphatic rings. The van der Waals surface area contributed by atoms with Crippen LogP contribution in [0.3, 0.4) is 0 Å². The first-order chi connectivity index (χ1) is 7.54. The minimum atomic E-state index is -0.219. The average Bonchev–Trinajstić information content (AvgIpc) is 2.26. The van der Waals surface area contributed by atoms with E-state index in [1.54, 1.807) is 24.3 Å². The zero-order chi connectivity index (χ0) is 12.1. The molecule has 0 aromatic heterocycles. The number of aliphatic hydroxyl groups excluding tert-OH is 1. The topological polar surface area (TPSA) is 49.3 Å². The SMILES string of the molecule is CC(C)[C@H](CO)NC(=O)c1ccc(Cl)cc1. The summed E-state index contributed by atoms with van der Waals surface area (Å²) in [6, 6.07) is 6.43. The maximum absolute atomic E-state index is 11.8. The summed E-state index contributed by atoms with van der Waals surface area (Å²) >= 11 is 5.73. The number of benzene rings is 1. The zero-order valence-corrected chi connectivity index (χ0v) is 10.2. The van der Waals surface area contributed by atoms with E-state index in [9.17, 15) is 4.79 Å². The number of aliphatic hydroxyl groups is 1. The molecular formula is C12H16ClNO2. The molecule has 1 atom stereocenters. The molecular weight excluding hydrogens is 226 g/mol. The van der Waals surface area contributed by atoms with Crippen LogP contribution >= 0.6 is 11.6 Å². The predicted molar refractivity (Wildman–Crippen MR) is 64.6 cm³/mol. The summed E-state index contributed by atoms with van der Waals surface area (Å²) in [6.07, 6.45) is 0. The number of amides is 1. The molecule has 1 rings (SSSR count). The third kappa shape index (κ3) is 3.51. The van der Waals surface area contributed by atoms with Gasteiger partial charge >= 0.3 is 0 Å². The highest BCUT2D eigenvalue weighted by molar-refractivity contribution is 6.30. The highest BCUT2D eigenvalue weighted by atomic mass is 35.5. The van der Waals surface area contributed by atoms with Crippen LogP contribution < -0.4 is 5.32 Å². The van der Waals surface area contributed by atoms with E-state index in [2.05, 4.69) is 5.32 Å². The lowest BCUT2D eigenvalue weighted by Gasteiger charge is -2.19. The molecule has 1 aromatic rings. The number of rotatable bonds is 4. The number of carbonyl (C=O) groups is 1. The van der Waals surface area contributed by atoms with E-state index in [1.807, 2.05) is 13.8 Å². The van der Waals surface area contributed by atoms with Crippen LogP contribution in [0.15, 0.2) is 24.3 Å². The standard InChI is InChI=1S/C12H16ClNO2/c1-8(2)11(7-15)14-12(16)9-3-5-10(13)6-4-9/h3-6,8,11,15H,7H2,1-2H3,(H,14,16)/t11-/m0/s1. The van der Waals surface area contributed by atoms with Gasteiger partial charge in [0.15, 0.2) is 0 Å². The minimum Gasteiger partial charge on any atom is -0.394 e. The molecule has 0 radical (unpaired) electrons. The summed E-state index contributed by atoms with van der Waals surface area (Å²) in [7, 11) is 0. The largest absolute Gasteiger partial charge is 0.394 e. The molecule has 0 saturated carbocycles. The molecule has 1 aromatic carbocycles. The molecule has 0 bridgehead atoms. The monoisotopic (exact) mass is 241 g/mol. The lowest BCUT2D eigenvalue weighted by molar-refractivity contribution is 0.0897. The average molecular weight is 242 g/mol. The van der Waals surface area contributed by atoms with E-state index >= 15 is 0 Å². The minimum absolute atomic E-state index is 0.0585. The summed E-state index contributed by atoms with van der Waals surface area (Å²) in [5.41, 5.74) is 0.545. The second kappa shape index (κ2) is 5.87. The molecule has 0 saturated heterocycles. The van der Waals surface area contributed by atoms with Gasteiger partial charge < -0.3 is 10.4 Å². The van der Waals surface area contributed by atoms with Gasteiger partial charge in [-0.2, -0.15) is 0 Å². The highest BCUT2D eigenvalue weighted by Crippen LogP contribution is 2.10. The molecule has 1 amide bonds. The van der Waals surface area contributed by atoms with Crippen molar-refractivity contribution in [2.75, 3.05) is 6.61 Å². The summed E-state index contributed by atoms with van der Waals surface area (Å²) < 4.78 is 0. The molecule has 0 fully saturated rings. The van der Waals surface area contributed by atoms with Gasteiger partial charge in [0, 0.05) is 10.6 Å². The second-order valence-electron chi connectivity index (χ2n) is 4.01. The van der Waals surface area contributed by atoms with Crippen LogP contribution in [0, 0.1) is 5.92 Å². The van der Waals surface area contributed by atoms with Crippen molar-refractivity contribution >= 4 is 17.5 Å². The summed E-state index contributed by atoms with van der Waals surface area (Å²) in [6.45, 7) is 3.84. The van der Waals surface area contributed by atoms with Crippen LogP contribution in [0.5, 0.6) is 0 Å². The van der Waals surface area contributed by atoms with E-state index in [-0.39, 0.29) is 24.5 Å². The Balaban J connectivity index is 2.68. The van der Waals surface area contributed by atoms with Gasteiger partial charge in [-0.25, -0.2) is 0 Å². The molecule has 88 valence electrons. The molecule has 16 heavy (non-hydrogen) atoms. The smallest absolute Gasteiger partial charge is 0.251 e. The van der Waals surface area contributed by atoms with E-state index in [0.29, 0.717) is 10.6 Å². The highest BCUT2D eigenvalue weighted by Gasteiger charge is 2.15. The van der Waals surface area contributed by atoms with Gasteiger partial charge in [0.05, 0.1) is 12.6 Å². The molecule has 0 aliphatic carbocycles. The number of halogens is 1. The summed E-state index contributed by atoms with van der Waals surface area (Å²) in [5.74, 6) is 0.00525. The molecule has 4 heteroatoms. The van der Waals surface area contributed by atoms with Crippen LogP contribution in [0.1, 0.15) is 24.2 Å². The quantitative estimate of drug-likeness (QED) is 0.848. The van der Waals surface area contributed by atoms with Crippen molar-refractivity contribution in [1.29, 1.82) is 0 Å². The van der Waals surface area contributed by atoms with Gasteiger partial charge in [-0.05, 0) is 30.2 Å². The maximum atomic E-state index is 11.8. The predicted octanol–water partition coefficient (Wildman–Crippen LogP) is 2.09. The lowest BCUT2D eigenvalue weighted by atomic mass is 10.0. The fraction of sp³-hybridized carbons (Fsp3) is 0.417. The van der Waals surface area contributed by atoms with Crippen LogP contribution in [-0.4, -0.2) is 23.7 Å². The van der Waals surface area contributed by atoms with E-state index < -0.39 is 0 Å². The molecule has 0 spiro atoms. The number of nitrogens with one attached hydrogen (secondary N) is 1. The van der Waals surface area contributed by atoms with Gasteiger partial charge in [0.25, 0.3) is 5.91 Å². The van der Waals surface area contributed by atoms with Crippen molar-refractivity contribution in [3.8, 4) is 0 Å². The third-order valence-corrected chi connectivity index (χ3v) is 2.68. The maximum Gasteiger partial charge on any atom is 0.251 e. The Morgan fingerprint density at radius 1 is 1.38 bits per heavy atom. The van der Waals surface area contributed by atoms with Crippen molar-refractivity contribution in [3.63, 3.8) is 0 Å². The van der Waals surface area contributed by atoms with Crippen molar-refractivity contribution in [2.24, 2.45) is 5.92 Å². The fourth-order valence-corrected chi connectivity index (χ4v) is 1.40. The Bertz CT molecular complexity index is 349. The van der Waals surface area contributed by atoms with Gasteiger partial charge in [-0.3, -0.25) is 4.79 Å². The first-order valence-electron chi connectivity index (χ1n) is 5.22. The molecule has 3 nitrogen and oxygen atoms in total. The third-order valence-electron chi connectivity index (χ3n) is 2.42. The van der Waals surface area contributed by atoms with E-state index in [4.69, 9.17) is 16.7 Å². The molecule has 0 heterocycles. The summed E-state index contributed by atoms with van der Waals surface area (Å²) in [4.78, 5) is 11.8. The lowest BCUT2D eigenvalue weighted by Crippen LogP contribution is -2.41. The number of hydrogen-bond acceptors (Lipinski definition) is 2. The fourth-order valence-electron chi connectivity index (χ4n) is 1.28. The normalized spacial score (nSPS) is 12.6. The Labute approximate surface area is 100 Å². The molecule has 0 aliphatic heterocycles. The Morgan fingerprint density at radius 3 is 2.38 bits per heavy atom. The Morgan fingerprint density at radius 2 is 1.94 bits per heavy atom. The van der Waals surface area contributed by atoms with Gasteiger partial charge in [0.2, 0.25) is 0 Å². The Kier molecular flexibility index (Phi) is 4.77. The number of hydrogen-bond donors (Lipinski definition) is 2. The second-order valence-corrected chi connectivity index (χ2v) is 4.45. The van der Waals surface area contributed by atoms with Crippen molar-refractivity contribution in [3.05, 3.63) is 34.9 Å². The van der Waals surface area contributed by atoms with Crippen LogP contribution in [0.2, 0.25) is 5.02 Å². The van der Waals surface area contributed by atoms with Crippen molar-refractivity contribution in [2.45, 2.75) is 19.9 Å².